The number of aromatic nitrogens is 1. The second kappa shape index (κ2) is 6.10. The lowest BCUT2D eigenvalue weighted by atomic mass is 10.1. The molecule has 1 amide bonds. The van der Waals surface area contributed by atoms with Gasteiger partial charge in [-0.25, -0.2) is 13.6 Å². The molecular formula is C17H17N3O3S. The van der Waals surface area contributed by atoms with Gasteiger partial charge in [0.2, 0.25) is 10.0 Å². The van der Waals surface area contributed by atoms with Crippen molar-refractivity contribution in [1.82, 2.24) is 9.88 Å². The number of carbonyl (C=O) groups excluding carboxylic acids is 1. The van der Waals surface area contributed by atoms with E-state index in [9.17, 15) is 13.2 Å². The van der Waals surface area contributed by atoms with Crippen LogP contribution in [0.3, 0.4) is 0 Å². The van der Waals surface area contributed by atoms with Gasteiger partial charge >= 0.3 is 0 Å². The molecule has 1 aromatic heterocycles. The van der Waals surface area contributed by atoms with E-state index in [0.717, 1.165) is 10.9 Å². The Morgan fingerprint density at radius 2 is 1.92 bits per heavy atom. The molecule has 0 unspecified atom stereocenters. The number of carbonyl (C=O) groups is 1. The van der Waals surface area contributed by atoms with Crippen molar-refractivity contribution >= 4 is 26.8 Å². The second-order valence-electron chi connectivity index (χ2n) is 5.55. The summed E-state index contributed by atoms with van der Waals surface area (Å²) in [4.78, 5) is 12.5. The SMILES string of the molecule is Cn1cc(C(=O)NCc2cccc(S(N)(=O)=O)c2)c2ccccc21. The first-order valence-electron chi connectivity index (χ1n) is 7.30. The number of aryl methyl sites for hydroxylation is 1. The van der Waals surface area contributed by atoms with Gasteiger partial charge in [0.15, 0.2) is 0 Å². The van der Waals surface area contributed by atoms with E-state index in [4.69, 9.17) is 5.14 Å². The molecule has 3 rings (SSSR count). The van der Waals surface area contributed by atoms with Crippen molar-refractivity contribution in [3.05, 3.63) is 65.9 Å². The van der Waals surface area contributed by atoms with Gasteiger partial charge in [0.1, 0.15) is 0 Å². The summed E-state index contributed by atoms with van der Waals surface area (Å²) in [6, 6.07) is 13.9. The number of benzene rings is 2. The first-order chi connectivity index (χ1) is 11.4. The summed E-state index contributed by atoms with van der Waals surface area (Å²) in [5, 5.41) is 8.80. The molecule has 6 nitrogen and oxygen atoms in total. The predicted molar refractivity (Wildman–Crippen MR) is 91.9 cm³/mol. The average molecular weight is 343 g/mol. The lowest BCUT2D eigenvalue weighted by Crippen LogP contribution is -2.23. The van der Waals surface area contributed by atoms with Gasteiger partial charge in [-0.3, -0.25) is 4.79 Å². The van der Waals surface area contributed by atoms with Gasteiger partial charge < -0.3 is 9.88 Å². The summed E-state index contributed by atoms with van der Waals surface area (Å²) in [7, 11) is -1.87. The van der Waals surface area contributed by atoms with E-state index in [-0.39, 0.29) is 17.3 Å². The van der Waals surface area contributed by atoms with Crippen LogP contribution in [0.2, 0.25) is 0 Å². The lowest BCUT2D eigenvalue weighted by molar-refractivity contribution is 0.0952. The molecule has 0 fully saturated rings. The number of nitrogens with two attached hydrogens (primary N) is 1. The van der Waals surface area contributed by atoms with Crippen LogP contribution in [-0.2, 0) is 23.6 Å². The van der Waals surface area contributed by atoms with Crippen LogP contribution in [0.5, 0.6) is 0 Å². The van der Waals surface area contributed by atoms with E-state index >= 15 is 0 Å². The molecule has 0 aliphatic rings. The zero-order valence-corrected chi connectivity index (χ0v) is 13.9. The van der Waals surface area contributed by atoms with Gasteiger partial charge in [0, 0.05) is 30.7 Å². The van der Waals surface area contributed by atoms with Crippen LogP contribution >= 0.6 is 0 Å². The van der Waals surface area contributed by atoms with E-state index in [1.54, 1.807) is 18.3 Å². The fourth-order valence-corrected chi connectivity index (χ4v) is 3.22. The third kappa shape index (κ3) is 3.17. The Kier molecular flexibility index (Phi) is 4.13. The molecule has 3 aromatic rings. The fourth-order valence-electron chi connectivity index (χ4n) is 2.63. The Bertz CT molecular complexity index is 1020. The number of para-hydroxylation sites is 1. The maximum Gasteiger partial charge on any atom is 0.253 e. The van der Waals surface area contributed by atoms with Crippen LogP contribution < -0.4 is 10.5 Å². The third-order valence-electron chi connectivity index (χ3n) is 3.82. The number of hydrogen-bond donors (Lipinski definition) is 2. The first kappa shape index (κ1) is 16.2. The molecule has 24 heavy (non-hydrogen) atoms. The number of nitrogens with one attached hydrogen (secondary N) is 1. The molecule has 124 valence electrons. The molecule has 0 bridgehead atoms. The standard InChI is InChI=1S/C17H17N3O3S/c1-20-11-15(14-7-2-3-8-16(14)20)17(21)19-10-12-5-4-6-13(9-12)24(18,22)23/h2-9,11H,10H2,1H3,(H,19,21)(H2,18,22,23). The first-order valence-corrected chi connectivity index (χ1v) is 8.85. The largest absolute Gasteiger partial charge is 0.350 e. The maximum atomic E-state index is 12.5. The van der Waals surface area contributed by atoms with Crippen molar-refractivity contribution in [1.29, 1.82) is 0 Å². The van der Waals surface area contributed by atoms with Crippen LogP contribution in [0.1, 0.15) is 15.9 Å². The molecule has 0 atom stereocenters. The molecule has 3 N–H and O–H groups in total. The molecule has 1 heterocycles. The van der Waals surface area contributed by atoms with Gasteiger partial charge in [-0.1, -0.05) is 30.3 Å². The van der Waals surface area contributed by atoms with Gasteiger partial charge in [-0.15, -0.1) is 0 Å². The van der Waals surface area contributed by atoms with Crippen molar-refractivity contribution in [2.24, 2.45) is 12.2 Å². The van der Waals surface area contributed by atoms with Gasteiger partial charge in [-0.2, -0.15) is 0 Å². The Hall–Kier alpha value is -2.64. The Morgan fingerprint density at radius 3 is 2.67 bits per heavy atom. The minimum absolute atomic E-state index is 0.0272. The highest BCUT2D eigenvalue weighted by Gasteiger charge is 2.14. The molecule has 0 saturated heterocycles. The van der Waals surface area contributed by atoms with E-state index in [1.165, 1.54) is 12.1 Å². The number of hydrogen-bond acceptors (Lipinski definition) is 3. The molecule has 0 aliphatic carbocycles. The van der Waals surface area contributed by atoms with Crippen molar-refractivity contribution in [2.75, 3.05) is 0 Å². The molecule has 2 aromatic carbocycles. The zero-order chi connectivity index (χ0) is 17.3. The van der Waals surface area contributed by atoms with Crippen molar-refractivity contribution in [2.45, 2.75) is 11.4 Å². The van der Waals surface area contributed by atoms with E-state index < -0.39 is 10.0 Å². The van der Waals surface area contributed by atoms with Crippen molar-refractivity contribution in [3.63, 3.8) is 0 Å². The molecule has 0 spiro atoms. The van der Waals surface area contributed by atoms with E-state index in [2.05, 4.69) is 5.32 Å². The number of sulfonamides is 1. The maximum absolute atomic E-state index is 12.5. The number of fused-ring (bicyclic) bond motifs is 1. The molecular weight excluding hydrogens is 326 g/mol. The molecule has 7 heteroatoms. The number of nitrogens with zero attached hydrogens (tertiary/aromatic N) is 1. The smallest absolute Gasteiger partial charge is 0.253 e. The third-order valence-corrected chi connectivity index (χ3v) is 4.73. The van der Waals surface area contributed by atoms with Crippen LogP contribution in [0, 0.1) is 0 Å². The lowest BCUT2D eigenvalue weighted by Gasteiger charge is -2.06. The highest BCUT2D eigenvalue weighted by molar-refractivity contribution is 7.89. The monoisotopic (exact) mass is 343 g/mol. The zero-order valence-electron chi connectivity index (χ0n) is 13.1. The number of rotatable bonds is 4. The van der Waals surface area contributed by atoms with Crippen LogP contribution in [0.25, 0.3) is 10.9 Å². The van der Waals surface area contributed by atoms with Crippen molar-refractivity contribution in [3.8, 4) is 0 Å². The van der Waals surface area contributed by atoms with Crippen LogP contribution in [-0.4, -0.2) is 18.9 Å². The summed E-state index contributed by atoms with van der Waals surface area (Å²) in [6.45, 7) is 0.214. The van der Waals surface area contributed by atoms with E-state index in [0.29, 0.717) is 11.1 Å². The van der Waals surface area contributed by atoms with Gasteiger partial charge in [0.05, 0.1) is 10.5 Å². The minimum Gasteiger partial charge on any atom is -0.350 e. The average Bonchev–Trinajstić information content (AvgIpc) is 2.90. The normalized spacial score (nSPS) is 11.6. The number of primary sulfonamides is 1. The molecule has 0 saturated carbocycles. The summed E-state index contributed by atoms with van der Waals surface area (Å²) in [5.74, 6) is -0.215. The summed E-state index contributed by atoms with van der Waals surface area (Å²) in [6.07, 6.45) is 1.78. The number of amides is 1. The summed E-state index contributed by atoms with van der Waals surface area (Å²) < 4.78 is 24.7. The van der Waals surface area contributed by atoms with Gasteiger partial charge in [0.25, 0.3) is 5.91 Å². The minimum atomic E-state index is -3.76. The Balaban J connectivity index is 1.81. The quantitative estimate of drug-likeness (QED) is 0.756. The molecule has 0 aliphatic heterocycles. The van der Waals surface area contributed by atoms with Crippen LogP contribution in [0.15, 0.2) is 59.6 Å². The second-order valence-corrected chi connectivity index (χ2v) is 7.11. The fraction of sp³-hybridized carbons (Fsp3) is 0.118. The topological polar surface area (TPSA) is 94.2 Å². The van der Waals surface area contributed by atoms with E-state index in [1.807, 2.05) is 35.9 Å². The predicted octanol–water partition coefficient (Wildman–Crippen LogP) is 1.76. The van der Waals surface area contributed by atoms with Gasteiger partial charge in [-0.05, 0) is 23.8 Å². The Labute approximate surface area is 139 Å². The highest BCUT2D eigenvalue weighted by Crippen LogP contribution is 2.20. The van der Waals surface area contributed by atoms with Crippen LogP contribution in [0.4, 0.5) is 0 Å². The summed E-state index contributed by atoms with van der Waals surface area (Å²) >= 11 is 0. The Morgan fingerprint density at radius 1 is 1.17 bits per heavy atom. The summed E-state index contributed by atoms with van der Waals surface area (Å²) in [5.41, 5.74) is 2.21. The highest BCUT2D eigenvalue weighted by atomic mass is 32.2. The van der Waals surface area contributed by atoms with Crippen molar-refractivity contribution < 1.29 is 13.2 Å². The molecule has 0 radical (unpaired) electrons.